The summed E-state index contributed by atoms with van der Waals surface area (Å²) in [4.78, 5) is 40.9. The third-order valence-corrected chi connectivity index (χ3v) is 5.94. The molecule has 12 heteroatoms. The van der Waals surface area contributed by atoms with Crippen LogP contribution in [-0.4, -0.2) is 26.5 Å². The van der Waals surface area contributed by atoms with E-state index < -0.39 is 35.2 Å². The molecule has 1 unspecified atom stereocenters. The zero-order valence-electron chi connectivity index (χ0n) is 15.4. The number of alkyl halides is 3. The molecular weight excluding hydrogens is 447 g/mol. The predicted molar refractivity (Wildman–Crippen MR) is 105 cm³/mol. The van der Waals surface area contributed by atoms with Crippen molar-refractivity contribution in [3.8, 4) is 0 Å². The van der Waals surface area contributed by atoms with Gasteiger partial charge in [-0.2, -0.15) is 13.2 Å². The van der Waals surface area contributed by atoms with E-state index in [2.05, 4.69) is 10.3 Å². The summed E-state index contributed by atoms with van der Waals surface area (Å²) in [5.74, 6) is -2.00. The Morgan fingerprint density at radius 1 is 1.33 bits per heavy atom. The molecule has 3 aromatic rings. The molecule has 0 fully saturated rings. The molecule has 0 aliphatic rings. The molecule has 158 valence electrons. The summed E-state index contributed by atoms with van der Waals surface area (Å²) >= 11 is 6.72. The first-order valence-corrected chi connectivity index (χ1v) is 9.52. The number of carbonyl (C=O) groups is 2. The van der Waals surface area contributed by atoms with Gasteiger partial charge in [0.1, 0.15) is 15.7 Å². The lowest BCUT2D eigenvalue weighted by Gasteiger charge is -2.16. The minimum Gasteiger partial charge on any atom is -0.477 e. The highest BCUT2D eigenvalue weighted by molar-refractivity contribution is 7.20. The van der Waals surface area contributed by atoms with E-state index in [1.165, 1.54) is 13.8 Å². The molecule has 0 saturated heterocycles. The molecule has 0 bridgehead atoms. The van der Waals surface area contributed by atoms with Crippen LogP contribution in [0.2, 0.25) is 5.02 Å². The predicted octanol–water partition coefficient (Wildman–Crippen LogP) is 4.34. The number of halogens is 4. The van der Waals surface area contributed by atoms with E-state index in [9.17, 15) is 32.7 Å². The molecule has 2 N–H and O–H groups in total. The zero-order valence-corrected chi connectivity index (χ0v) is 16.9. The number of carboxylic acids is 1. The van der Waals surface area contributed by atoms with Crippen molar-refractivity contribution >= 4 is 50.7 Å². The number of carbonyl (C=O) groups excluding carboxylic acids is 1. The second kappa shape index (κ2) is 7.73. The first-order chi connectivity index (χ1) is 13.9. The number of nitrogens with one attached hydrogen (secondary N) is 1. The number of hydrogen-bond donors (Lipinski definition) is 2. The van der Waals surface area contributed by atoms with Crippen LogP contribution in [-0.2, 0) is 11.0 Å². The Kier molecular flexibility index (Phi) is 5.61. The Morgan fingerprint density at radius 2 is 2.00 bits per heavy atom. The number of thiophene rings is 1. The quantitative estimate of drug-likeness (QED) is 0.604. The van der Waals surface area contributed by atoms with Gasteiger partial charge in [0, 0.05) is 0 Å². The van der Waals surface area contributed by atoms with Gasteiger partial charge in [-0.15, -0.1) is 11.3 Å². The first-order valence-electron chi connectivity index (χ1n) is 8.33. The number of nitrogens with zero attached hydrogens (tertiary/aromatic N) is 2. The molecule has 2 heterocycles. The third kappa shape index (κ3) is 3.90. The molecular formula is C18H13ClF3N3O4S. The highest BCUT2D eigenvalue weighted by Crippen LogP contribution is 2.34. The standard InChI is InChI=1S/C18H13ClF3N3O4S/c1-7-12-15(30-13(7)17(28)29)23-6-25(16(12)27)8(2)14(26)24-11-5-9(18(20,21)22)3-4-10(11)19/h3-6,8H,1-2H3,(H,24,26)(H,28,29). The number of hydrogen-bond acceptors (Lipinski definition) is 5. The number of anilines is 1. The smallest absolute Gasteiger partial charge is 0.416 e. The van der Waals surface area contributed by atoms with Gasteiger partial charge in [-0.25, -0.2) is 9.78 Å². The van der Waals surface area contributed by atoms with Crippen LogP contribution >= 0.6 is 22.9 Å². The molecule has 0 saturated carbocycles. The molecule has 2 aromatic heterocycles. The molecule has 1 atom stereocenters. The third-order valence-electron chi connectivity index (χ3n) is 4.42. The van der Waals surface area contributed by atoms with Gasteiger partial charge < -0.3 is 10.4 Å². The van der Waals surface area contributed by atoms with Gasteiger partial charge in [0.2, 0.25) is 5.91 Å². The van der Waals surface area contributed by atoms with Crippen molar-refractivity contribution in [2.24, 2.45) is 0 Å². The molecule has 0 aliphatic heterocycles. The Hall–Kier alpha value is -2.92. The van der Waals surface area contributed by atoms with Crippen molar-refractivity contribution in [3.63, 3.8) is 0 Å². The average Bonchev–Trinajstić information content (AvgIpc) is 3.00. The lowest BCUT2D eigenvalue weighted by Crippen LogP contribution is -2.32. The molecule has 0 aliphatic carbocycles. The summed E-state index contributed by atoms with van der Waals surface area (Å²) in [5, 5.41) is 11.5. The lowest BCUT2D eigenvalue weighted by molar-refractivity contribution is -0.137. The summed E-state index contributed by atoms with van der Waals surface area (Å²) in [6.45, 7) is 2.81. The van der Waals surface area contributed by atoms with Gasteiger partial charge in [0.25, 0.3) is 5.56 Å². The van der Waals surface area contributed by atoms with Gasteiger partial charge in [-0.05, 0) is 37.6 Å². The average molecular weight is 460 g/mol. The van der Waals surface area contributed by atoms with E-state index >= 15 is 0 Å². The maximum Gasteiger partial charge on any atom is 0.416 e. The van der Waals surface area contributed by atoms with Crippen molar-refractivity contribution in [3.05, 3.63) is 55.9 Å². The molecule has 0 radical (unpaired) electrons. The molecule has 7 nitrogen and oxygen atoms in total. The summed E-state index contributed by atoms with van der Waals surface area (Å²) in [7, 11) is 0. The summed E-state index contributed by atoms with van der Waals surface area (Å²) < 4.78 is 39.7. The van der Waals surface area contributed by atoms with E-state index in [0.717, 1.165) is 34.4 Å². The number of benzene rings is 1. The van der Waals surface area contributed by atoms with Crippen LogP contribution in [0.3, 0.4) is 0 Å². The Bertz CT molecular complexity index is 1240. The number of aryl methyl sites for hydroxylation is 1. The van der Waals surface area contributed by atoms with Crippen LogP contribution in [0.4, 0.5) is 18.9 Å². The van der Waals surface area contributed by atoms with E-state index in [0.29, 0.717) is 6.07 Å². The second-order valence-corrected chi connectivity index (χ2v) is 7.76. The number of aromatic nitrogens is 2. The fraction of sp³-hybridized carbons (Fsp3) is 0.222. The van der Waals surface area contributed by atoms with Crippen LogP contribution < -0.4 is 10.9 Å². The Labute approximate surface area is 175 Å². The molecule has 1 amide bonds. The minimum atomic E-state index is -4.63. The first kappa shape index (κ1) is 21.8. The van der Waals surface area contributed by atoms with Crippen LogP contribution in [0.1, 0.15) is 33.8 Å². The van der Waals surface area contributed by atoms with E-state index in [1.54, 1.807) is 0 Å². The minimum absolute atomic E-state index is 0.0415. The molecule has 30 heavy (non-hydrogen) atoms. The highest BCUT2D eigenvalue weighted by Gasteiger charge is 2.31. The lowest BCUT2D eigenvalue weighted by atomic mass is 10.2. The maximum atomic E-state index is 12.9. The number of amides is 1. The van der Waals surface area contributed by atoms with Crippen LogP contribution in [0.5, 0.6) is 0 Å². The van der Waals surface area contributed by atoms with Gasteiger partial charge in [-0.3, -0.25) is 14.2 Å². The van der Waals surface area contributed by atoms with Gasteiger partial charge in [0.15, 0.2) is 0 Å². The zero-order chi connectivity index (χ0) is 22.4. The SMILES string of the molecule is Cc1c(C(=O)O)sc2ncn(C(C)C(=O)Nc3cc(C(F)(F)F)ccc3Cl)c(=O)c12. The number of carboxylic acid groups (broad SMARTS) is 1. The van der Waals surface area contributed by atoms with Gasteiger partial charge in [-0.1, -0.05) is 11.6 Å². The van der Waals surface area contributed by atoms with Crippen molar-refractivity contribution in [2.45, 2.75) is 26.1 Å². The molecule has 0 spiro atoms. The number of rotatable bonds is 4. The van der Waals surface area contributed by atoms with Crippen LogP contribution in [0.25, 0.3) is 10.2 Å². The summed E-state index contributed by atoms with van der Waals surface area (Å²) in [5.41, 5.74) is -1.67. The van der Waals surface area contributed by atoms with Crippen molar-refractivity contribution in [2.75, 3.05) is 5.32 Å². The molecule has 3 rings (SSSR count). The Morgan fingerprint density at radius 3 is 2.60 bits per heavy atom. The highest BCUT2D eigenvalue weighted by atomic mass is 35.5. The van der Waals surface area contributed by atoms with Crippen LogP contribution in [0, 0.1) is 6.92 Å². The van der Waals surface area contributed by atoms with Crippen molar-refractivity contribution in [1.29, 1.82) is 0 Å². The fourth-order valence-corrected chi connectivity index (χ4v) is 3.92. The second-order valence-electron chi connectivity index (χ2n) is 6.36. The van der Waals surface area contributed by atoms with Crippen molar-refractivity contribution in [1.82, 2.24) is 9.55 Å². The van der Waals surface area contributed by atoms with Gasteiger partial charge >= 0.3 is 12.1 Å². The van der Waals surface area contributed by atoms with E-state index in [4.69, 9.17) is 11.6 Å². The van der Waals surface area contributed by atoms with Crippen molar-refractivity contribution < 1.29 is 27.9 Å². The normalized spacial score (nSPS) is 12.7. The van der Waals surface area contributed by atoms with E-state index in [-0.39, 0.29) is 31.4 Å². The largest absolute Gasteiger partial charge is 0.477 e. The number of aromatic carboxylic acids is 1. The van der Waals surface area contributed by atoms with Gasteiger partial charge in [0.05, 0.1) is 28.0 Å². The van der Waals surface area contributed by atoms with E-state index in [1.807, 2.05) is 0 Å². The van der Waals surface area contributed by atoms with Crippen LogP contribution in [0.15, 0.2) is 29.3 Å². The maximum absolute atomic E-state index is 12.9. The monoisotopic (exact) mass is 459 g/mol. The fourth-order valence-electron chi connectivity index (χ4n) is 2.78. The summed E-state index contributed by atoms with van der Waals surface area (Å²) in [6, 6.07) is 1.32. The topological polar surface area (TPSA) is 101 Å². The summed E-state index contributed by atoms with van der Waals surface area (Å²) in [6.07, 6.45) is -3.54. The number of fused-ring (bicyclic) bond motifs is 1. The molecule has 1 aromatic carbocycles. The Balaban J connectivity index is 1.97.